The summed E-state index contributed by atoms with van der Waals surface area (Å²) in [6, 6.07) is 8.20. The topological polar surface area (TPSA) is 54.9 Å². The highest BCUT2D eigenvalue weighted by atomic mass is 127. The molecule has 0 aliphatic rings. The van der Waals surface area contributed by atoms with Crippen molar-refractivity contribution < 1.29 is 9.47 Å². The van der Waals surface area contributed by atoms with Gasteiger partial charge in [-0.3, -0.25) is 4.99 Å². The maximum absolute atomic E-state index is 5.89. The minimum atomic E-state index is 0. The zero-order chi connectivity index (χ0) is 16.9. The summed E-state index contributed by atoms with van der Waals surface area (Å²) in [5.41, 5.74) is 1.24. The molecule has 0 spiro atoms. The van der Waals surface area contributed by atoms with Crippen molar-refractivity contribution in [2.45, 2.75) is 33.1 Å². The minimum absolute atomic E-state index is 0. The Bertz CT molecular complexity index is 467. The molecule has 1 aromatic rings. The van der Waals surface area contributed by atoms with Crippen molar-refractivity contribution in [3.05, 3.63) is 29.8 Å². The molecule has 0 aliphatic heterocycles. The van der Waals surface area contributed by atoms with Gasteiger partial charge in [-0.25, -0.2) is 0 Å². The van der Waals surface area contributed by atoms with Gasteiger partial charge in [-0.1, -0.05) is 32.0 Å². The van der Waals surface area contributed by atoms with Gasteiger partial charge in [-0.15, -0.1) is 24.0 Å². The Kier molecular flexibility index (Phi) is 13.7. The number of rotatable bonds is 10. The molecule has 0 aromatic heterocycles. The molecular weight excluding hydrogens is 417 g/mol. The van der Waals surface area contributed by atoms with E-state index in [1.54, 1.807) is 7.05 Å². The molecule has 6 heteroatoms. The first kappa shape index (κ1) is 23.0. The highest BCUT2D eigenvalue weighted by Crippen LogP contribution is 2.25. The molecule has 5 nitrogen and oxygen atoms in total. The van der Waals surface area contributed by atoms with Gasteiger partial charge < -0.3 is 20.1 Å². The summed E-state index contributed by atoms with van der Waals surface area (Å²) in [6.45, 7) is 10.0. The summed E-state index contributed by atoms with van der Waals surface area (Å²) in [6.07, 6.45) is 0.965. The monoisotopic (exact) mass is 449 g/mol. The number of hydrogen-bond acceptors (Lipinski definition) is 3. The van der Waals surface area contributed by atoms with E-state index >= 15 is 0 Å². The van der Waals surface area contributed by atoms with Crippen LogP contribution in [0, 0.1) is 0 Å². The highest BCUT2D eigenvalue weighted by Gasteiger charge is 2.06. The van der Waals surface area contributed by atoms with Gasteiger partial charge in [0.15, 0.2) is 5.96 Å². The summed E-state index contributed by atoms with van der Waals surface area (Å²) >= 11 is 0. The van der Waals surface area contributed by atoms with E-state index < -0.39 is 0 Å². The molecule has 24 heavy (non-hydrogen) atoms. The SMILES string of the molecule is CCOCCCNC(=NC)NCCOc1ccccc1C(C)C.I. The number of guanidine groups is 1. The number of para-hydroxylation sites is 1. The van der Waals surface area contributed by atoms with E-state index in [1.165, 1.54) is 5.56 Å². The Balaban J connectivity index is 0.00000529. The Morgan fingerprint density at radius 1 is 1.12 bits per heavy atom. The van der Waals surface area contributed by atoms with E-state index in [1.807, 2.05) is 19.1 Å². The van der Waals surface area contributed by atoms with Crippen LogP contribution in [0.5, 0.6) is 5.75 Å². The maximum atomic E-state index is 5.89. The molecule has 0 atom stereocenters. The fourth-order valence-electron chi connectivity index (χ4n) is 2.17. The average molecular weight is 449 g/mol. The van der Waals surface area contributed by atoms with Crippen molar-refractivity contribution in [2.75, 3.05) is 40.0 Å². The van der Waals surface area contributed by atoms with Gasteiger partial charge in [0.1, 0.15) is 12.4 Å². The predicted octanol–water partition coefficient (Wildman–Crippen LogP) is 3.40. The first-order chi connectivity index (χ1) is 11.2. The smallest absolute Gasteiger partial charge is 0.191 e. The van der Waals surface area contributed by atoms with E-state index in [0.29, 0.717) is 19.1 Å². The van der Waals surface area contributed by atoms with Crippen LogP contribution in [0.2, 0.25) is 0 Å². The van der Waals surface area contributed by atoms with Crippen LogP contribution >= 0.6 is 24.0 Å². The fraction of sp³-hybridized carbons (Fsp3) is 0.611. The average Bonchev–Trinajstić information content (AvgIpc) is 2.56. The largest absolute Gasteiger partial charge is 0.491 e. The lowest BCUT2D eigenvalue weighted by Crippen LogP contribution is -2.39. The molecule has 0 saturated heterocycles. The van der Waals surface area contributed by atoms with Crippen LogP contribution < -0.4 is 15.4 Å². The molecule has 2 N–H and O–H groups in total. The number of benzene rings is 1. The molecule has 0 unspecified atom stereocenters. The number of nitrogens with one attached hydrogen (secondary N) is 2. The van der Waals surface area contributed by atoms with Crippen LogP contribution in [-0.4, -0.2) is 45.9 Å². The second-order valence-electron chi connectivity index (χ2n) is 5.52. The molecular formula is C18H32IN3O2. The number of hydrogen-bond donors (Lipinski definition) is 2. The van der Waals surface area contributed by atoms with E-state index in [-0.39, 0.29) is 24.0 Å². The molecule has 0 saturated carbocycles. The van der Waals surface area contributed by atoms with E-state index in [2.05, 4.69) is 41.6 Å². The van der Waals surface area contributed by atoms with Crippen molar-refractivity contribution in [3.8, 4) is 5.75 Å². The fourth-order valence-corrected chi connectivity index (χ4v) is 2.17. The second-order valence-corrected chi connectivity index (χ2v) is 5.52. The van der Waals surface area contributed by atoms with Gasteiger partial charge in [0.25, 0.3) is 0 Å². The third-order valence-electron chi connectivity index (χ3n) is 3.38. The highest BCUT2D eigenvalue weighted by molar-refractivity contribution is 14.0. The van der Waals surface area contributed by atoms with Crippen molar-refractivity contribution >= 4 is 29.9 Å². The molecule has 0 fully saturated rings. The maximum Gasteiger partial charge on any atom is 0.191 e. The second kappa shape index (κ2) is 14.3. The Hall–Kier alpha value is -1.02. The number of halogens is 1. The summed E-state index contributed by atoms with van der Waals surface area (Å²) in [4.78, 5) is 4.19. The van der Waals surface area contributed by atoms with E-state index in [9.17, 15) is 0 Å². The lowest BCUT2D eigenvalue weighted by Gasteiger charge is -2.15. The molecule has 0 heterocycles. The van der Waals surface area contributed by atoms with Gasteiger partial charge in [0.05, 0.1) is 6.54 Å². The van der Waals surface area contributed by atoms with Crippen molar-refractivity contribution in [1.82, 2.24) is 10.6 Å². The van der Waals surface area contributed by atoms with E-state index in [0.717, 1.165) is 37.9 Å². The lowest BCUT2D eigenvalue weighted by molar-refractivity contribution is 0.145. The van der Waals surface area contributed by atoms with Crippen molar-refractivity contribution in [3.63, 3.8) is 0 Å². The quantitative estimate of drug-likeness (QED) is 0.249. The van der Waals surface area contributed by atoms with Gasteiger partial charge in [-0.2, -0.15) is 0 Å². The number of nitrogens with zero attached hydrogens (tertiary/aromatic N) is 1. The summed E-state index contributed by atoms with van der Waals surface area (Å²) in [7, 11) is 1.77. The number of aliphatic imine (C=N–C) groups is 1. The van der Waals surface area contributed by atoms with Gasteiger partial charge in [-0.05, 0) is 30.9 Å². The molecule has 0 bridgehead atoms. The molecule has 1 rings (SSSR count). The third-order valence-corrected chi connectivity index (χ3v) is 3.38. The molecule has 138 valence electrons. The summed E-state index contributed by atoms with van der Waals surface area (Å²) < 4.78 is 11.2. The molecule has 0 radical (unpaired) electrons. The molecule has 0 amide bonds. The standard InChI is InChI=1S/C18H31N3O2.HI/c1-5-22-13-8-11-20-18(19-4)21-12-14-23-17-10-7-6-9-16(17)15(2)3;/h6-7,9-10,15H,5,8,11-14H2,1-4H3,(H2,19,20,21);1H. The predicted molar refractivity (Wildman–Crippen MR) is 112 cm³/mol. The van der Waals surface area contributed by atoms with Crippen LogP contribution in [0.1, 0.15) is 38.7 Å². The van der Waals surface area contributed by atoms with Gasteiger partial charge in [0, 0.05) is 26.8 Å². The zero-order valence-electron chi connectivity index (χ0n) is 15.3. The molecule has 1 aromatic carbocycles. The van der Waals surface area contributed by atoms with Crippen LogP contribution in [0.4, 0.5) is 0 Å². The van der Waals surface area contributed by atoms with Crippen LogP contribution in [-0.2, 0) is 4.74 Å². The van der Waals surface area contributed by atoms with E-state index in [4.69, 9.17) is 9.47 Å². The third kappa shape index (κ3) is 9.32. The van der Waals surface area contributed by atoms with Gasteiger partial charge in [0.2, 0.25) is 0 Å². The Labute approximate surface area is 163 Å². The van der Waals surface area contributed by atoms with Crippen molar-refractivity contribution in [2.24, 2.45) is 4.99 Å². The van der Waals surface area contributed by atoms with Crippen molar-refractivity contribution in [1.29, 1.82) is 0 Å². The van der Waals surface area contributed by atoms with Crippen LogP contribution in [0.25, 0.3) is 0 Å². The number of ether oxygens (including phenoxy) is 2. The first-order valence-electron chi connectivity index (χ1n) is 8.43. The normalized spacial score (nSPS) is 11.1. The Morgan fingerprint density at radius 2 is 1.83 bits per heavy atom. The summed E-state index contributed by atoms with van der Waals surface area (Å²) in [5.74, 6) is 2.21. The minimum Gasteiger partial charge on any atom is -0.491 e. The first-order valence-corrected chi connectivity index (χ1v) is 8.43. The summed E-state index contributed by atoms with van der Waals surface area (Å²) in [5, 5.41) is 6.51. The van der Waals surface area contributed by atoms with Gasteiger partial charge >= 0.3 is 0 Å². The zero-order valence-corrected chi connectivity index (χ0v) is 17.6. The van der Waals surface area contributed by atoms with Crippen LogP contribution in [0.15, 0.2) is 29.3 Å². The molecule has 0 aliphatic carbocycles. The Morgan fingerprint density at radius 3 is 2.50 bits per heavy atom. The van der Waals surface area contributed by atoms with Crippen LogP contribution in [0.3, 0.4) is 0 Å². The lowest BCUT2D eigenvalue weighted by atomic mass is 10.0.